The minimum atomic E-state index is -0.927. The third kappa shape index (κ3) is 1.42. The highest BCUT2D eigenvalue weighted by atomic mass is 16.6. The molecule has 1 saturated carbocycles. The number of nitrogens with one attached hydrogen (secondary N) is 1. The van der Waals surface area contributed by atoms with Crippen LogP contribution in [0.3, 0.4) is 0 Å². The zero-order chi connectivity index (χ0) is 14.8. The molecule has 3 aliphatic rings. The summed E-state index contributed by atoms with van der Waals surface area (Å²) in [6.07, 6.45) is 1.42. The first-order chi connectivity index (χ1) is 9.24. The Hall–Kier alpha value is -1.10. The summed E-state index contributed by atoms with van der Waals surface area (Å²) in [4.78, 5) is 28.6. The minimum Gasteiger partial charge on any atom is -0.448 e. The molecule has 2 atom stereocenters. The maximum atomic E-state index is 13.0. The molecule has 1 N–H and O–H groups in total. The van der Waals surface area contributed by atoms with E-state index in [1.165, 1.54) is 4.90 Å². The zero-order valence-corrected chi connectivity index (χ0v) is 12.9. The van der Waals surface area contributed by atoms with Gasteiger partial charge in [0.15, 0.2) is 5.60 Å². The van der Waals surface area contributed by atoms with E-state index >= 15 is 0 Å². The lowest BCUT2D eigenvalue weighted by atomic mass is 9.66. The SMILES string of the molecule is C[NH+]1CCN(C(=O)[C@@]23CC[C@@](C)(C(=O)O2)C3(C)C)CC1. The summed E-state index contributed by atoms with van der Waals surface area (Å²) in [5, 5.41) is 0. The number of likely N-dealkylation sites (N-methyl/N-ethyl adjacent to an activating group) is 1. The van der Waals surface area contributed by atoms with Gasteiger partial charge in [-0.3, -0.25) is 9.59 Å². The number of piperazine rings is 1. The van der Waals surface area contributed by atoms with Gasteiger partial charge in [-0.2, -0.15) is 0 Å². The average molecular weight is 281 g/mol. The van der Waals surface area contributed by atoms with E-state index in [4.69, 9.17) is 4.74 Å². The Balaban J connectivity index is 1.90. The van der Waals surface area contributed by atoms with Crippen LogP contribution in [0, 0.1) is 10.8 Å². The molecular weight excluding hydrogens is 256 g/mol. The predicted molar refractivity (Wildman–Crippen MR) is 73.1 cm³/mol. The molecule has 112 valence electrons. The Morgan fingerprint density at radius 3 is 2.25 bits per heavy atom. The van der Waals surface area contributed by atoms with E-state index in [0.29, 0.717) is 6.42 Å². The lowest BCUT2D eigenvalue weighted by Gasteiger charge is -2.40. The fourth-order valence-corrected chi connectivity index (χ4v) is 4.07. The van der Waals surface area contributed by atoms with E-state index in [0.717, 1.165) is 32.6 Å². The molecule has 2 bridgehead atoms. The third-order valence-electron chi connectivity index (χ3n) is 6.33. The van der Waals surface area contributed by atoms with E-state index in [2.05, 4.69) is 7.05 Å². The fraction of sp³-hybridized carbons (Fsp3) is 0.867. The molecular formula is C15H25N2O3+. The number of amides is 1. The van der Waals surface area contributed by atoms with Crippen LogP contribution >= 0.6 is 0 Å². The number of carbonyl (C=O) groups is 2. The second-order valence-electron chi connectivity index (χ2n) is 7.42. The van der Waals surface area contributed by atoms with E-state index in [1.807, 2.05) is 25.7 Å². The fourth-order valence-electron chi connectivity index (χ4n) is 4.07. The van der Waals surface area contributed by atoms with Crippen molar-refractivity contribution in [2.45, 2.75) is 39.2 Å². The molecule has 2 saturated heterocycles. The van der Waals surface area contributed by atoms with Gasteiger partial charge >= 0.3 is 5.97 Å². The number of fused-ring (bicyclic) bond motifs is 2. The van der Waals surface area contributed by atoms with Gasteiger partial charge in [0.05, 0.1) is 38.6 Å². The lowest BCUT2D eigenvalue weighted by molar-refractivity contribution is -0.883. The van der Waals surface area contributed by atoms with Gasteiger partial charge in [-0.15, -0.1) is 0 Å². The van der Waals surface area contributed by atoms with E-state index < -0.39 is 16.4 Å². The van der Waals surface area contributed by atoms with E-state index in [1.54, 1.807) is 0 Å². The molecule has 20 heavy (non-hydrogen) atoms. The van der Waals surface area contributed by atoms with Crippen molar-refractivity contribution in [1.29, 1.82) is 0 Å². The highest BCUT2D eigenvalue weighted by Crippen LogP contribution is 2.65. The Bertz CT molecular complexity index is 468. The quantitative estimate of drug-likeness (QED) is 0.657. The van der Waals surface area contributed by atoms with Crippen LogP contribution in [0.2, 0.25) is 0 Å². The summed E-state index contributed by atoms with van der Waals surface area (Å²) >= 11 is 0. The number of hydrogen-bond acceptors (Lipinski definition) is 3. The second kappa shape index (κ2) is 3.97. The van der Waals surface area contributed by atoms with Gasteiger partial charge in [0.25, 0.3) is 5.91 Å². The summed E-state index contributed by atoms with van der Waals surface area (Å²) in [6, 6.07) is 0. The van der Waals surface area contributed by atoms with Gasteiger partial charge < -0.3 is 14.5 Å². The monoisotopic (exact) mass is 281 g/mol. The van der Waals surface area contributed by atoms with Gasteiger partial charge in [0.2, 0.25) is 0 Å². The van der Waals surface area contributed by atoms with Crippen molar-refractivity contribution in [3.05, 3.63) is 0 Å². The Labute approximate surface area is 120 Å². The molecule has 0 aromatic rings. The first-order valence-corrected chi connectivity index (χ1v) is 7.59. The van der Waals surface area contributed by atoms with Crippen LogP contribution in [0.25, 0.3) is 0 Å². The van der Waals surface area contributed by atoms with Gasteiger partial charge in [-0.1, -0.05) is 13.8 Å². The van der Waals surface area contributed by atoms with Gasteiger partial charge in [-0.25, -0.2) is 0 Å². The number of ether oxygens (including phenoxy) is 1. The van der Waals surface area contributed by atoms with Gasteiger partial charge in [0, 0.05) is 5.41 Å². The highest BCUT2D eigenvalue weighted by molar-refractivity contribution is 5.96. The lowest BCUT2D eigenvalue weighted by Crippen LogP contribution is -3.12. The van der Waals surface area contributed by atoms with Crippen molar-refractivity contribution in [2.24, 2.45) is 10.8 Å². The van der Waals surface area contributed by atoms with Crippen LogP contribution in [-0.4, -0.2) is 55.6 Å². The minimum absolute atomic E-state index is 0.0320. The summed E-state index contributed by atoms with van der Waals surface area (Å²) < 4.78 is 5.67. The van der Waals surface area contributed by atoms with Gasteiger partial charge in [0.1, 0.15) is 0 Å². The van der Waals surface area contributed by atoms with Gasteiger partial charge in [-0.05, 0) is 19.8 Å². The smallest absolute Gasteiger partial charge is 0.313 e. The molecule has 5 heteroatoms. The van der Waals surface area contributed by atoms with Crippen LogP contribution in [0.1, 0.15) is 33.6 Å². The molecule has 0 aromatic heterocycles. The van der Waals surface area contributed by atoms with Crippen LogP contribution in [-0.2, 0) is 14.3 Å². The van der Waals surface area contributed by atoms with Crippen LogP contribution < -0.4 is 4.90 Å². The van der Waals surface area contributed by atoms with Crippen LogP contribution in [0.15, 0.2) is 0 Å². The molecule has 3 fully saturated rings. The average Bonchev–Trinajstić information content (AvgIpc) is 2.69. The van der Waals surface area contributed by atoms with Crippen molar-refractivity contribution in [3.8, 4) is 0 Å². The predicted octanol–water partition coefficient (Wildman–Crippen LogP) is -0.535. The molecule has 0 spiro atoms. The molecule has 1 aliphatic carbocycles. The number of carbonyl (C=O) groups excluding carboxylic acids is 2. The molecule has 0 aromatic carbocycles. The second-order valence-corrected chi connectivity index (χ2v) is 7.42. The maximum Gasteiger partial charge on any atom is 0.313 e. The number of hydrogen-bond donors (Lipinski definition) is 1. The van der Waals surface area contributed by atoms with Crippen molar-refractivity contribution >= 4 is 11.9 Å². The summed E-state index contributed by atoms with van der Waals surface area (Å²) in [6.45, 7) is 9.44. The standard InChI is InChI=1S/C15H24N2O3/c1-13(2)14(3)5-6-15(13,20-12(14)19)11(18)17-9-7-16(4)8-10-17/h5-10H2,1-4H3/p+1/t14-,15+/m0/s1. The molecule has 2 heterocycles. The summed E-state index contributed by atoms with van der Waals surface area (Å²) in [7, 11) is 2.15. The van der Waals surface area contributed by atoms with E-state index in [-0.39, 0.29) is 11.9 Å². The molecule has 5 nitrogen and oxygen atoms in total. The first kappa shape index (κ1) is 13.9. The van der Waals surface area contributed by atoms with Crippen LogP contribution in [0.4, 0.5) is 0 Å². The maximum absolute atomic E-state index is 13.0. The zero-order valence-electron chi connectivity index (χ0n) is 12.9. The number of esters is 1. The Morgan fingerprint density at radius 2 is 1.80 bits per heavy atom. The molecule has 0 radical (unpaired) electrons. The number of rotatable bonds is 1. The van der Waals surface area contributed by atoms with E-state index in [9.17, 15) is 9.59 Å². The topological polar surface area (TPSA) is 51.0 Å². The third-order valence-corrected chi connectivity index (χ3v) is 6.33. The number of nitrogens with zero attached hydrogens (tertiary/aromatic N) is 1. The molecule has 3 rings (SSSR count). The Morgan fingerprint density at radius 1 is 1.20 bits per heavy atom. The summed E-state index contributed by atoms with van der Waals surface area (Å²) in [5.41, 5.74) is -1.87. The van der Waals surface area contributed by atoms with Crippen molar-refractivity contribution in [3.63, 3.8) is 0 Å². The largest absolute Gasteiger partial charge is 0.448 e. The highest BCUT2D eigenvalue weighted by Gasteiger charge is 2.76. The molecule has 0 unspecified atom stereocenters. The molecule has 2 aliphatic heterocycles. The first-order valence-electron chi connectivity index (χ1n) is 7.59. The normalized spacial score (nSPS) is 40.0. The summed E-state index contributed by atoms with van der Waals surface area (Å²) in [5.74, 6) is -0.161. The van der Waals surface area contributed by atoms with Crippen molar-refractivity contribution in [2.75, 3.05) is 33.2 Å². The molecule has 1 amide bonds. The Kier molecular flexibility index (Phi) is 2.75. The van der Waals surface area contributed by atoms with Crippen molar-refractivity contribution < 1.29 is 19.2 Å². The van der Waals surface area contributed by atoms with Crippen LogP contribution in [0.5, 0.6) is 0 Å². The number of quaternary nitrogens is 1. The van der Waals surface area contributed by atoms with Crippen molar-refractivity contribution in [1.82, 2.24) is 4.90 Å².